The molecule has 2 aliphatic heterocycles. The number of aromatic amines is 1. The van der Waals surface area contributed by atoms with Gasteiger partial charge in [-0.1, -0.05) is 0 Å². The van der Waals surface area contributed by atoms with E-state index in [-0.39, 0.29) is 24.8 Å². The fourth-order valence-electron chi connectivity index (χ4n) is 5.69. The number of fused-ring (bicyclic) bond motifs is 5. The maximum absolute atomic E-state index is 10.1. The maximum atomic E-state index is 10.1. The molecule has 4 aromatic heterocycles. The molecule has 0 aromatic carbocycles. The van der Waals surface area contributed by atoms with E-state index in [1.807, 2.05) is 57.6 Å². The van der Waals surface area contributed by atoms with Gasteiger partial charge in [-0.15, -0.1) is 5.10 Å². The number of nitrogens with one attached hydrogen (secondary N) is 1. The summed E-state index contributed by atoms with van der Waals surface area (Å²) in [5, 5.41) is 28.2. The van der Waals surface area contributed by atoms with Crippen molar-refractivity contribution < 1.29 is 19.3 Å². The third-order valence-electron chi connectivity index (χ3n) is 7.80. The Bertz CT molecular complexity index is 1580. The van der Waals surface area contributed by atoms with Crippen molar-refractivity contribution in [3.8, 4) is 23.0 Å². The summed E-state index contributed by atoms with van der Waals surface area (Å²) >= 11 is 0. The smallest absolute Gasteiger partial charge is 0.240 e. The molecule has 0 spiro atoms. The lowest BCUT2D eigenvalue weighted by atomic mass is 10.1. The number of pyridine rings is 1. The van der Waals surface area contributed by atoms with Gasteiger partial charge in [0.25, 0.3) is 0 Å². The molecular weight excluding hydrogens is 512 g/mol. The number of nitrogens with zero attached hydrogens (tertiary/aromatic N) is 7. The number of aryl methyl sites for hydroxylation is 3. The number of ether oxygens (including phenoxy) is 3. The van der Waals surface area contributed by atoms with Crippen LogP contribution in [0.3, 0.4) is 0 Å². The number of likely N-dealkylation sites (N-methyl/N-ethyl adjacent to an activating group) is 1. The minimum atomic E-state index is -0.233. The Hall–Kier alpha value is -3.74. The van der Waals surface area contributed by atoms with Crippen molar-refractivity contribution in [1.29, 1.82) is 0 Å². The van der Waals surface area contributed by atoms with E-state index >= 15 is 0 Å². The number of aromatic nitrogens is 7. The standard InChI is InChI=1S/C28H36N8O4/c1-7-39-27-18-8-9-20-19-10-21(29-17(4)26(19)31-30-20)25-16(3)32-35(6)28(25)40-24-14-38-13-23(24)34(5)11-22(18)36(33-27)15(2)12-37/h8-10,15,23-24,37H,7,11-14H2,1-6H3,(H,30,31)/b9-8+/t15-,23+,24-/m0/s1. The predicted octanol–water partition coefficient (Wildman–Crippen LogP) is 2.89. The second-order valence-electron chi connectivity index (χ2n) is 10.6. The molecule has 1 fully saturated rings. The quantitative estimate of drug-likeness (QED) is 0.396. The summed E-state index contributed by atoms with van der Waals surface area (Å²) in [5.41, 5.74) is 6.72. The fraction of sp³-hybridized carbons (Fsp3) is 0.500. The normalized spacial score (nSPS) is 20.9. The first-order valence-electron chi connectivity index (χ1n) is 13.7. The molecule has 0 unspecified atom stereocenters. The molecule has 6 rings (SSSR count). The molecule has 212 valence electrons. The maximum Gasteiger partial charge on any atom is 0.240 e. The van der Waals surface area contributed by atoms with Crippen LogP contribution in [0, 0.1) is 13.8 Å². The number of rotatable bonds is 4. The number of hydrogen-bond acceptors (Lipinski definition) is 9. The van der Waals surface area contributed by atoms with Gasteiger partial charge in [-0.25, -0.2) is 4.68 Å². The van der Waals surface area contributed by atoms with Gasteiger partial charge >= 0.3 is 0 Å². The van der Waals surface area contributed by atoms with Crippen molar-refractivity contribution in [2.45, 2.75) is 52.4 Å². The van der Waals surface area contributed by atoms with E-state index in [1.165, 1.54) is 0 Å². The number of aliphatic hydroxyl groups is 1. The fourth-order valence-corrected chi connectivity index (χ4v) is 5.69. The Morgan fingerprint density at radius 1 is 1.18 bits per heavy atom. The van der Waals surface area contributed by atoms with Crippen LogP contribution in [-0.2, 0) is 18.3 Å². The van der Waals surface area contributed by atoms with Crippen LogP contribution in [0.15, 0.2) is 6.07 Å². The second-order valence-corrected chi connectivity index (χ2v) is 10.6. The van der Waals surface area contributed by atoms with Gasteiger partial charge in [-0.2, -0.15) is 10.2 Å². The summed E-state index contributed by atoms with van der Waals surface area (Å²) < 4.78 is 22.3. The molecule has 2 bridgehead atoms. The third kappa shape index (κ3) is 4.36. The molecule has 0 radical (unpaired) electrons. The molecule has 2 aliphatic rings. The van der Waals surface area contributed by atoms with Gasteiger partial charge in [0, 0.05) is 19.0 Å². The molecular formula is C28H36N8O4. The van der Waals surface area contributed by atoms with Crippen LogP contribution in [0.25, 0.3) is 34.3 Å². The highest BCUT2D eigenvalue weighted by atomic mass is 16.6. The van der Waals surface area contributed by atoms with Gasteiger partial charge in [0.1, 0.15) is 11.6 Å². The number of aliphatic hydroxyl groups excluding tert-OH is 1. The molecule has 3 atom stereocenters. The van der Waals surface area contributed by atoms with E-state index in [0.717, 1.165) is 50.5 Å². The lowest BCUT2D eigenvalue weighted by Crippen LogP contribution is -2.43. The zero-order valence-electron chi connectivity index (χ0n) is 23.8. The van der Waals surface area contributed by atoms with Crippen molar-refractivity contribution in [2.24, 2.45) is 7.05 Å². The second kappa shape index (κ2) is 10.3. The summed E-state index contributed by atoms with van der Waals surface area (Å²) in [4.78, 5) is 7.13. The van der Waals surface area contributed by atoms with Crippen molar-refractivity contribution in [3.05, 3.63) is 34.4 Å². The molecule has 12 nitrogen and oxygen atoms in total. The monoisotopic (exact) mass is 548 g/mol. The summed E-state index contributed by atoms with van der Waals surface area (Å²) in [6.45, 7) is 9.77. The highest BCUT2D eigenvalue weighted by Crippen LogP contribution is 2.37. The van der Waals surface area contributed by atoms with Gasteiger partial charge in [0.05, 0.1) is 78.1 Å². The predicted molar refractivity (Wildman–Crippen MR) is 150 cm³/mol. The molecule has 1 saturated heterocycles. The molecule has 0 amide bonds. The van der Waals surface area contributed by atoms with Crippen LogP contribution in [0.1, 0.15) is 48.2 Å². The Kier molecular flexibility index (Phi) is 6.85. The van der Waals surface area contributed by atoms with E-state index < -0.39 is 0 Å². The summed E-state index contributed by atoms with van der Waals surface area (Å²) in [6.07, 6.45) is 3.79. The molecule has 6 heterocycles. The molecule has 4 aromatic rings. The van der Waals surface area contributed by atoms with Crippen LogP contribution >= 0.6 is 0 Å². The zero-order chi connectivity index (χ0) is 28.1. The van der Waals surface area contributed by atoms with Crippen molar-refractivity contribution in [3.63, 3.8) is 0 Å². The third-order valence-corrected chi connectivity index (χ3v) is 7.80. The minimum Gasteiger partial charge on any atom is -0.476 e. The lowest BCUT2D eigenvalue weighted by Gasteiger charge is -2.29. The Labute approximate surface area is 232 Å². The Balaban J connectivity index is 1.60. The van der Waals surface area contributed by atoms with Gasteiger partial charge < -0.3 is 19.3 Å². The summed E-state index contributed by atoms with van der Waals surface area (Å²) in [6, 6.07) is 1.78. The summed E-state index contributed by atoms with van der Waals surface area (Å²) in [7, 11) is 3.95. The van der Waals surface area contributed by atoms with Crippen LogP contribution in [-0.4, -0.2) is 90.4 Å². The van der Waals surface area contributed by atoms with Gasteiger partial charge in [-0.05, 0) is 53.0 Å². The highest BCUT2D eigenvalue weighted by Gasteiger charge is 2.36. The largest absolute Gasteiger partial charge is 0.476 e. The van der Waals surface area contributed by atoms with Gasteiger partial charge in [-0.3, -0.25) is 19.7 Å². The topological polar surface area (TPSA) is 128 Å². The SMILES string of the molecule is CCOc1nn([C@@H](C)CO)c2c1/C=C/c1[nH]nc3c(C)nc(cc13)-c1c(C)nn(C)c1O[C@H]1COC[C@H]1N(C)C2. The first-order chi connectivity index (χ1) is 19.3. The van der Waals surface area contributed by atoms with E-state index in [9.17, 15) is 5.11 Å². The van der Waals surface area contributed by atoms with Crippen molar-refractivity contribution in [1.82, 2.24) is 39.6 Å². The number of H-pyrrole nitrogens is 1. The molecule has 40 heavy (non-hydrogen) atoms. The molecule has 0 aliphatic carbocycles. The lowest BCUT2D eigenvalue weighted by molar-refractivity contribution is 0.102. The van der Waals surface area contributed by atoms with Gasteiger partial charge in [0.2, 0.25) is 11.8 Å². The Morgan fingerprint density at radius 3 is 2.77 bits per heavy atom. The zero-order valence-corrected chi connectivity index (χ0v) is 23.8. The molecule has 2 N–H and O–H groups in total. The summed E-state index contributed by atoms with van der Waals surface area (Å²) in [5.74, 6) is 1.19. The van der Waals surface area contributed by atoms with Crippen LogP contribution < -0.4 is 9.47 Å². The number of hydrogen-bond donors (Lipinski definition) is 2. The van der Waals surface area contributed by atoms with Gasteiger partial charge in [0.15, 0.2) is 0 Å². The first kappa shape index (κ1) is 26.5. The van der Waals surface area contributed by atoms with Crippen molar-refractivity contribution >= 4 is 23.1 Å². The van der Waals surface area contributed by atoms with E-state index in [2.05, 4.69) is 27.2 Å². The van der Waals surface area contributed by atoms with E-state index in [4.69, 9.17) is 24.3 Å². The van der Waals surface area contributed by atoms with Crippen molar-refractivity contribution in [2.75, 3.05) is 33.5 Å². The highest BCUT2D eigenvalue weighted by molar-refractivity contribution is 5.93. The first-order valence-corrected chi connectivity index (χ1v) is 13.7. The van der Waals surface area contributed by atoms with Crippen LogP contribution in [0.2, 0.25) is 0 Å². The van der Waals surface area contributed by atoms with Crippen LogP contribution in [0.5, 0.6) is 11.8 Å². The van der Waals surface area contributed by atoms with Crippen LogP contribution in [0.4, 0.5) is 0 Å². The molecule has 12 heteroatoms. The average Bonchev–Trinajstić information content (AvgIpc) is 3.69. The van der Waals surface area contributed by atoms with E-state index in [1.54, 1.807) is 4.68 Å². The minimum absolute atomic E-state index is 0.0255. The average molecular weight is 549 g/mol. The van der Waals surface area contributed by atoms with E-state index in [0.29, 0.717) is 38.1 Å². The molecule has 0 saturated carbocycles. The Morgan fingerprint density at radius 2 is 2.00 bits per heavy atom.